The highest BCUT2D eigenvalue weighted by Crippen LogP contribution is 2.23. The number of hydrogen-bond acceptors (Lipinski definition) is 5. The Balaban J connectivity index is 1.96. The van der Waals surface area contributed by atoms with Crippen LogP contribution in [0.4, 0.5) is 0 Å². The topological polar surface area (TPSA) is 75.7 Å². The molecule has 104 valence electrons. The molecule has 0 radical (unpaired) electrons. The van der Waals surface area contributed by atoms with Crippen molar-refractivity contribution in [2.75, 3.05) is 19.3 Å². The number of esters is 1. The van der Waals surface area contributed by atoms with Gasteiger partial charge < -0.3 is 4.74 Å². The van der Waals surface area contributed by atoms with Gasteiger partial charge in [0.25, 0.3) is 0 Å². The van der Waals surface area contributed by atoms with Crippen LogP contribution in [0.5, 0.6) is 0 Å². The molecule has 0 aromatic rings. The molecule has 0 bridgehead atoms. The fraction of sp³-hybridized carbons (Fsp3) is 0.909. The van der Waals surface area contributed by atoms with Gasteiger partial charge in [0.2, 0.25) is 10.0 Å². The summed E-state index contributed by atoms with van der Waals surface area (Å²) in [5.41, 5.74) is 0. The van der Waals surface area contributed by atoms with Gasteiger partial charge in [-0.25, -0.2) is 13.1 Å². The van der Waals surface area contributed by atoms with Crippen LogP contribution in [-0.2, 0) is 19.6 Å². The maximum Gasteiger partial charge on any atom is 0.323 e. The molecular weight excluding hydrogens is 256 g/mol. The number of ether oxygens (including phenoxy) is 1. The first-order chi connectivity index (χ1) is 8.35. The first-order valence-electron chi connectivity index (χ1n) is 6.27. The first kappa shape index (κ1) is 13.8. The molecule has 2 saturated heterocycles. The van der Waals surface area contributed by atoms with Crippen LogP contribution in [-0.4, -0.2) is 56.8 Å². The van der Waals surface area contributed by atoms with E-state index in [0.29, 0.717) is 13.0 Å². The van der Waals surface area contributed by atoms with E-state index in [-0.39, 0.29) is 24.2 Å². The predicted octanol–water partition coefficient (Wildman–Crippen LogP) is -0.296. The summed E-state index contributed by atoms with van der Waals surface area (Å²) in [4.78, 5) is 13.7. The lowest BCUT2D eigenvalue weighted by Crippen LogP contribution is -2.51. The zero-order chi connectivity index (χ0) is 13.3. The number of piperidine rings is 1. The zero-order valence-electron chi connectivity index (χ0n) is 10.8. The van der Waals surface area contributed by atoms with Crippen LogP contribution in [0.15, 0.2) is 0 Å². The summed E-state index contributed by atoms with van der Waals surface area (Å²) in [6.07, 6.45) is 3.54. The molecule has 2 heterocycles. The van der Waals surface area contributed by atoms with Gasteiger partial charge in [-0.2, -0.15) is 0 Å². The highest BCUT2D eigenvalue weighted by atomic mass is 32.2. The van der Waals surface area contributed by atoms with E-state index in [2.05, 4.69) is 4.72 Å². The molecule has 0 unspecified atom stereocenters. The van der Waals surface area contributed by atoms with Crippen molar-refractivity contribution in [3.63, 3.8) is 0 Å². The number of nitrogens with zero attached hydrogens (tertiary/aromatic N) is 1. The van der Waals surface area contributed by atoms with Gasteiger partial charge in [-0.05, 0) is 26.3 Å². The van der Waals surface area contributed by atoms with Gasteiger partial charge in [-0.1, -0.05) is 0 Å². The molecule has 6 nitrogen and oxygen atoms in total. The normalized spacial score (nSPS) is 34.6. The standard InChI is InChI=1S/C11H20N2O4S/c1-8-6-10(11(14)17-8)13-5-3-4-9(7-13)12-18(2,15)16/h8-10,12H,3-7H2,1-2H3/t8-,9-,10+/m1/s1. The van der Waals surface area contributed by atoms with Crippen molar-refractivity contribution in [2.24, 2.45) is 0 Å². The van der Waals surface area contributed by atoms with Gasteiger partial charge in [0.15, 0.2) is 0 Å². The number of carbonyl (C=O) groups excluding carboxylic acids is 1. The van der Waals surface area contributed by atoms with Crippen molar-refractivity contribution in [3.8, 4) is 0 Å². The van der Waals surface area contributed by atoms with Gasteiger partial charge in [0.1, 0.15) is 12.1 Å². The van der Waals surface area contributed by atoms with E-state index in [9.17, 15) is 13.2 Å². The molecule has 0 aliphatic carbocycles. The van der Waals surface area contributed by atoms with E-state index >= 15 is 0 Å². The third-order valence-electron chi connectivity index (χ3n) is 3.42. The fourth-order valence-corrected chi connectivity index (χ4v) is 3.52. The maximum absolute atomic E-state index is 11.7. The number of cyclic esters (lactones) is 1. The SMILES string of the molecule is C[C@@H]1C[C@H](N2CCC[C@@H](NS(C)(=O)=O)C2)C(=O)O1. The highest BCUT2D eigenvalue weighted by Gasteiger charge is 2.38. The summed E-state index contributed by atoms with van der Waals surface area (Å²) < 4.78 is 30.2. The predicted molar refractivity (Wildman–Crippen MR) is 66.5 cm³/mol. The maximum atomic E-state index is 11.7. The molecule has 2 rings (SSSR count). The first-order valence-corrected chi connectivity index (χ1v) is 8.16. The molecule has 0 amide bonds. The van der Waals surface area contributed by atoms with Gasteiger partial charge in [0, 0.05) is 19.0 Å². The van der Waals surface area contributed by atoms with Crippen LogP contribution in [0.3, 0.4) is 0 Å². The van der Waals surface area contributed by atoms with E-state index < -0.39 is 10.0 Å². The van der Waals surface area contributed by atoms with Crippen LogP contribution >= 0.6 is 0 Å². The molecule has 0 spiro atoms. The molecule has 0 aromatic heterocycles. The molecule has 2 aliphatic heterocycles. The van der Waals surface area contributed by atoms with Crippen LogP contribution < -0.4 is 4.72 Å². The van der Waals surface area contributed by atoms with E-state index in [1.807, 2.05) is 11.8 Å². The van der Waals surface area contributed by atoms with Crippen molar-refractivity contribution in [2.45, 2.75) is 44.4 Å². The lowest BCUT2D eigenvalue weighted by atomic mass is 10.0. The third kappa shape index (κ3) is 3.43. The minimum absolute atomic E-state index is 0.0363. The van der Waals surface area contributed by atoms with E-state index in [1.165, 1.54) is 0 Å². The average molecular weight is 276 g/mol. The lowest BCUT2D eigenvalue weighted by molar-refractivity contribution is -0.145. The average Bonchev–Trinajstić information content (AvgIpc) is 2.55. The van der Waals surface area contributed by atoms with Crippen molar-refractivity contribution in [1.82, 2.24) is 9.62 Å². The van der Waals surface area contributed by atoms with Crippen LogP contribution in [0.2, 0.25) is 0 Å². The van der Waals surface area contributed by atoms with E-state index in [1.54, 1.807) is 0 Å². The lowest BCUT2D eigenvalue weighted by Gasteiger charge is -2.34. The van der Waals surface area contributed by atoms with Crippen LogP contribution in [0, 0.1) is 0 Å². The van der Waals surface area contributed by atoms with Crippen molar-refractivity contribution in [3.05, 3.63) is 0 Å². The van der Waals surface area contributed by atoms with Crippen molar-refractivity contribution < 1.29 is 17.9 Å². The summed E-state index contributed by atoms with van der Waals surface area (Å²) in [5, 5.41) is 0. The number of hydrogen-bond donors (Lipinski definition) is 1. The molecule has 1 N–H and O–H groups in total. The Morgan fingerprint density at radius 2 is 2.17 bits per heavy atom. The van der Waals surface area contributed by atoms with Crippen molar-refractivity contribution in [1.29, 1.82) is 0 Å². The van der Waals surface area contributed by atoms with Gasteiger partial charge in [-0.3, -0.25) is 9.69 Å². The minimum atomic E-state index is -3.19. The van der Waals surface area contributed by atoms with Gasteiger partial charge >= 0.3 is 5.97 Å². The van der Waals surface area contributed by atoms with Crippen LogP contribution in [0.25, 0.3) is 0 Å². The molecule has 0 saturated carbocycles. The highest BCUT2D eigenvalue weighted by molar-refractivity contribution is 7.88. The van der Waals surface area contributed by atoms with Crippen molar-refractivity contribution >= 4 is 16.0 Å². The molecule has 18 heavy (non-hydrogen) atoms. The molecule has 3 atom stereocenters. The summed E-state index contributed by atoms with van der Waals surface area (Å²) in [5.74, 6) is -0.178. The molecule has 2 aliphatic rings. The zero-order valence-corrected chi connectivity index (χ0v) is 11.6. The van der Waals surface area contributed by atoms with Gasteiger partial charge in [0.05, 0.1) is 6.26 Å². The summed E-state index contributed by atoms with van der Waals surface area (Å²) in [6.45, 7) is 3.29. The Kier molecular flexibility index (Phi) is 3.93. The number of carbonyl (C=O) groups is 1. The number of sulfonamides is 1. The molecule has 0 aromatic carbocycles. The third-order valence-corrected chi connectivity index (χ3v) is 4.18. The Morgan fingerprint density at radius 1 is 1.44 bits per heavy atom. The second kappa shape index (κ2) is 5.14. The summed E-state index contributed by atoms with van der Waals surface area (Å²) >= 11 is 0. The molecular formula is C11H20N2O4S. The quantitative estimate of drug-likeness (QED) is 0.717. The summed E-state index contributed by atoms with van der Waals surface area (Å²) in [7, 11) is -3.19. The Hall–Kier alpha value is -0.660. The Labute approximate surface area is 108 Å². The fourth-order valence-electron chi connectivity index (χ4n) is 2.72. The van der Waals surface area contributed by atoms with Gasteiger partial charge in [-0.15, -0.1) is 0 Å². The summed E-state index contributed by atoms with van der Waals surface area (Å²) in [6, 6.07) is -0.304. The molecule has 2 fully saturated rings. The number of likely N-dealkylation sites (tertiary alicyclic amines) is 1. The second-order valence-electron chi connectivity index (χ2n) is 5.22. The van der Waals surface area contributed by atoms with E-state index in [0.717, 1.165) is 25.6 Å². The largest absolute Gasteiger partial charge is 0.461 e. The minimum Gasteiger partial charge on any atom is -0.461 e. The molecule has 7 heteroatoms. The van der Waals surface area contributed by atoms with Crippen LogP contribution in [0.1, 0.15) is 26.2 Å². The smallest absolute Gasteiger partial charge is 0.323 e. The number of rotatable bonds is 3. The van der Waals surface area contributed by atoms with E-state index in [4.69, 9.17) is 4.74 Å². The number of nitrogens with one attached hydrogen (secondary N) is 1. The Morgan fingerprint density at radius 3 is 2.72 bits per heavy atom. The monoisotopic (exact) mass is 276 g/mol. The second-order valence-corrected chi connectivity index (χ2v) is 7.00. The Bertz CT molecular complexity index is 423.